The molecule has 2 heterocycles. The average molecular weight is 491 g/mol. The van der Waals surface area contributed by atoms with Crippen molar-refractivity contribution in [2.45, 2.75) is 38.9 Å². The van der Waals surface area contributed by atoms with Gasteiger partial charge < -0.3 is 24.0 Å². The maximum Gasteiger partial charge on any atom is 0.410 e. The zero-order valence-corrected chi connectivity index (χ0v) is 20.0. The first-order valence-corrected chi connectivity index (χ1v) is 11.3. The number of carboxylic acids is 1. The first-order valence-electron chi connectivity index (χ1n) is 10.5. The summed E-state index contributed by atoms with van der Waals surface area (Å²) in [6, 6.07) is 12.3. The molecule has 0 spiro atoms. The summed E-state index contributed by atoms with van der Waals surface area (Å²) in [5.74, 6) is -0.963. The highest BCUT2D eigenvalue weighted by Crippen LogP contribution is 2.41. The minimum atomic E-state index is -1.15. The van der Waals surface area contributed by atoms with E-state index in [1.165, 1.54) is 0 Å². The van der Waals surface area contributed by atoms with Gasteiger partial charge in [-0.3, -0.25) is 0 Å². The lowest BCUT2D eigenvalue weighted by Crippen LogP contribution is -2.36. The van der Waals surface area contributed by atoms with E-state index in [0.29, 0.717) is 34.6 Å². The Morgan fingerprint density at radius 2 is 1.76 bits per heavy atom. The van der Waals surface area contributed by atoms with Crippen molar-refractivity contribution in [1.29, 1.82) is 0 Å². The fourth-order valence-electron chi connectivity index (χ4n) is 3.89. The van der Waals surface area contributed by atoms with Gasteiger partial charge in [-0.1, -0.05) is 41.4 Å². The van der Waals surface area contributed by atoms with E-state index in [0.717, 1.165) is 0 Å². The number of ether oxygens (including phenoxy) is 2. The Kier molecular flexibility index (Phi) is 6.20. The fraction of sp³-hybridized carbons (Fsp3) is 0.333. The molecule has 0 radical (unpaired) electrons. The summed E-state index contributed by atoms with van der Waals surface area (Å²) in [6.07, 6.45) is -0.286. The Balaban J connectivity index is 1.75. The molecule has 1 N–H and O–H groups in total. The number of carboxylic acid groups (broad SMARTS) is 1. The first kappa shape index (κ1) is 23.3. The summed E-state index contributed by atoms with van der Waals surface area (Å²) in [6.45, 7) is 6.16. The molecule has 1 atom stereocenters. The molecule has 2 aromatic carbocycles. The van der Waals surface area contributed by atoms with Gasteiger partial charge in [0.05, 0.1) is 22.1 Å². The van der Waals surface area contributed by atoms with E-state index in [1.807, 2.05) is 18.2 Å². The van der Waals surface area contributed by atoms with Crippen LogP contribution in [0.25, 0.3) is 16.6 Å². The average Bonchev–Trinajstić information content (AvgIpc) is 3.32. The van der Waals surface area contributed by atoms with E-state index in [9.17, 15) is 14.7 Å². The number of carbonyl (C=O) groups is 2. The predicted octanol–water partition coefficient (Wildman–Crippen LogP) is 6.02. The molecule has 0 aliphatic carbocycles. The molecule has 9 heteroatoms. The Morgan fingerprint density at radius 1 is 1.09 bits per heavy atom. The van der Waals surface area contributed by atoms with E-state index < -0.39 is 23.8 Å². The molecule has 0 saturated carbocycles. The second kappa shape index (κ2) is 8.80. The molecule has 1 aliphatic heterocycles. The standard InChI is InChI=1S/C24H24Cl2N2O5/c1-24(2,3)33-23(31)27-10-9-15(13-27)32-21-16-11-17(25)18(26)12-19(16)28(20(21)22(29)30)14-7-5-4-6-8-14/h4-8,11-12,15H,9-10,13H2,1-3H3,(H,29,30). The van der Waals surface area contributed by atoms with Crippen molar-refractivity contribution in [3.8, 4) is 11.4 Å². The van der Waals surface area contributed by atoms with Crippen molar-refractivity contribution < 1.29 is 24.2 Å². The lowest BCUT2D eigenvalue weighted by Gasteiger charge is -2.24. The van der Waals surface area contributed by atoms with Crippen LogP contribution in [0.3, 0.4) is 0 Å². The number of aromatic carboxylic acids is 1. The molecular weight excluding hydrogens is 467 g/mol. The number of aromatic nitrogens is 1. The zero-order chi connectivity index (χ0) is 23.9. The maximum atomic E-state index is 12.4. The quantitative estimate of drug-likeness (QED) is 0.483. The van der Waals surface area contributed by atoms with Gasteiger partial charge in [0.2, 0.25) is 0 Å². The SMILES string of the molecule is CC(C)(C)OC(=O)N1CCC(Oc2c(C(=O)O)n(-c3ccccc3)c3cc(Cl)c(Cl)cc23)C1. The Labute approximate surface area is 201 Å². The molecule has 7 nitrogen and oxygen atoms in total. The van der Waals surface area contributed by atoms with Crippen molar-refractivity contribution in [2.24, 2.45) is 0 Å². The number of fused-ring (bicyclic) bond motifs is 1. The van der Waals surface area contributed by atoms with Crippen LogP contribution in [0.5, 0.6) is 5.75 Å². The highest BCUT2D eigenvalue weighted by Gasteiger charge is 2.34. The molecule has 1 saturated heterocycles. The van der Waals surface area contributed by atoms with Gasteiger partial charge in [0.1, 0.15) is 11.7 Å². The molecule has 1 fully saturated rings. The van der Waals surface area contributed by atoms with Crippen molar-refractivity contribution in [1.82, 2.24) is 9.47 Å². The van der Waals surface area contributed by atoms with Crippen molar-refractivity contribution in [3.05, 3.63) is 58.2 Å². The van der Waals surface area contributed by atoms with Crippen LogP contribution in [0.15, 0.2) is 42.5 Å². The van der Waals surface area contributed by atoms with Gasteiger partial charge in [0, 0.05) is 24.0 Å². The van der Waals surface area contributed by atoms with Crippen molar-refractivity contribution in [2.75, 3.05) is 13.1 Å². The molecule has 1 aromatic heterocycles. The molecular formula is C24H24Cl2N2O5. The van der Waals surface area contributed by atoms with Crippen LogP contribution in [-0.4, -0.2) is 51.4 Å². The van der Waals surface area contributed by atoms with Crippen LogP contribution in [-0.2, 0) is 4.74 Å². The van der Waals surface area contributed by atoms with Crippen molar-refractivity contribution in [3.63, 3.8) is 0 Å². The molecule has 0 bridgehead atoms. The third-order valence-electron chi connectivity index (χ3n) is 5.26. The van der Waals surface area contributed by atoms with Crippen LogP contribution >= 0.6 is 23.2 Å². The number of amides is 1. The summed E-state index contributed by atoms with van der Waals surface area (Å²) < 4.78 is 13.3. The van der Waals surface area contributed by atoms with E-state index in [1.54, 1.807) is 54.5 Å². The van der Waals surface area contributed by atoms with Crippen LogP contribution in [0.4, 0.5) is 4.79 Å². The second-order valence-corrected chi connectivity index (χ2v) is 9.71. The number of para-hydroxylation sites is 1. The maximum absolute atomic E-state index is 12.4. The normalized spacial score (nSPS) is 16.3. The second-order valence-electron chi connectivity index (χ2n) is 8.89. The van der Waals surface area contributed by atoms with Crippen LogP contribution in [0.1, 0.15) is 37.7 Å². The summed E-state index contributed by atoms with van der Waals surface area (Å²) in [5.41, 5.74) is 0.566. The molecule has 4 rings (SSSR count). The summed E-state index contributed by atoms with van der Waals surface area (Å²) in [7, 11) is 0. The molecule has 174 valence electrons. The number of benzene rings is 2. The number of likely N-dealkylation sites (tertiary alicyclic amines) is 1. The van der Waals surface area contributed by atoms with Gasteiger partial charge in [-0.2, -0.15) is 0 Å². The monoisotopic (exact) mass is 490 g/mol. The van der Waals surface area contributed by atoms with Gasteiger partial charge in [-0.25, -0.2) is 9.59 Å². The number of hydrogen-bond acceptors (Lipinski definition) is 4. The number of nitrogens with zero attached hydrogens (tertiary/aromatic N) is 2. The molecule has 1 aliphatic rings. The lowest BCUT2D eigenvalue weighted by atomic mass is 10.2. The Bertz CT molecular complexity index is 1220. The van der Waals surface area contributed by atoms with E-state index in [4.69, 9.17) is 32.7 Å². The summed E-state index contributed by atoms with van der Waals surface area (Å²) >= 11 is 12.5. The largest absolute Gasteiger partial charge is 0.485 e. The first-order chi connectivity index (χ1) is 15.5. The molecule has 33 heavy (non-hydrogen) atoms. The van der Waals surface area contributed by atoms with Gasteiger partial charge in [-0.15, -0.1) is 0 Å². The minimum Gasteiger partial charge on any atom is -0.485 e. The number of rotatable bonds is 4. The van der Waals surface area contributed by atoms with Gasteiger partial charge in [0.15, 0.2) is 11.4 Å². The number of carbonyl (C=O) groups excluding carboxylic acids is 1. The van der Waals surface area contributed by atoms with Crippen LogP contribution in [0, 0.1) is 0 Å². The number of hydrogen-bond donors (Lipinski definition) is 1. The van der Waals surface area contributed by atoms with Crippen LogP contribution in [0.2, 0.25) is 10.0 Å². The van der Waals surface area contributed by atoms with E-state index in [-0.39, 0.29) is 23.0 Å². The Hall–Kier alpha value is -2.90. The fourth-order valence-corrected chi connectivity index (χ4v) is 4.22. The smallest absolute Gasteiger partial charge is 0.410 e. The van der Waals surface area contributed by atoms with Crippen LogP contribution < -0.4 is 4.74 Å². The lowest BCUT2D eigenvalue weighted by molar-refractivity contribution is 0.0274. The van der Waals surface area contributed by atoms with Crippen molar-refractivity contribution >= 4 is 46.2 Å². The zero-order valence-electron chi connectivity index (χ0n) is 18.5. The molecule has 1 amide bonds. The van der Waals surface area contributed by atoms with Gasteiger partial charge >= 0.3 is 12.1 Å². The topological polar surface area (TPSA) is 81.0 Å². The van der Waals surface area contributed by atoms with E-state index in [2.05, 4.69) is 0 Å². The molecule has 3 aromatic rings. The highest BCUT2D eigenvalue weighted by molar-refractivity contribution is 6.43. The Morgan fingerprint density at radius 3 is 2.39 bits per heavy atom. The van der Waals surface area contributed by atoms with E-state index >= 15 is 0 Å². The third-order valence-corrected chi connectivity index (χ3v) is 5.98. The van der Waals surface area contributed by atoms with Gasteiger partial charge in [0.25, 0.3) is 0 Å². The predicted molar refractivity (Wildman–Crippen MR) is 127 cm³/mol. The van der Waals surface area contributed by atoms with Gasteiger partial charge in [-0.05, 0) is 45.0 Å². The summed E-state index contributed by atoms with van der Waals surface area (Å²) in [4.78, 5) is 26.4. The number of halogens is 2. The minimum absolute atomic E-state index is 0.0368. The third kappa shape index (κ3) is 4.75. The highest BCUT2D eigenvalue weighted by atomic mass is 35.5. The summed E-state index contributed by atoms with van der Waals surface area (Å²) in [5, 5.41) is 11.3. The molecule has 1 unspecified atom stereocenters.